The van der Waals surface area contributed by atoms with Crippen LogP contribution in [0, 0.1) is 35.5 Å². The Morgan fingerprint density at radius 3 is 2.42 bits per heavy atom. The number of rotatable bonds is 4. The highest BCUT2D eigenvalue weighted by Gasteiger charge is 2.58. The number of hydrogen-bond donors (Lipinski definition) is 0. The van der Waals surface area contributed by atoms with Gasteiger partial charge in [-0.2, -0.15) is 0 Å². The molecule has 0 aliphatic heterocycles. The molecule has 6 unspecified atom stereocenters. The summed E-state index contributed by atoms with van der Waals surface area (Å²) in [7, 11) is 0. The van der Waals surface area contributed by atoms with Crippen molar-refractivity contribution < 1.29 is 14.3 Å². The first kappa shape index (κ1) is 12.6. The maximum absolute atomic E-state index is 11.9. The first-order valence-corrected chi connectivity index (χ1v) is 7.13. The highest BCUT2D eigenvalue weighted by molar-refractivity contribution is 5.91. The summed E-state index contributed by atoms with van der Waals surface area (Å²) in [4.78, 5) is 23.7. The molecule has 2 bridgehead atoms. The molecule has 102 valence electrons. The zero-order valence-corrected chi connectivity index (χ0v) is 11.1. The summed E-state index contributed by atoms with van der Waals surface area (Å²) in [5.41, 5.74) is 0. The third-order valence-electron chi connectivity index (χ3n) is 5.57. The van der Waals surface area contributed by atoms with E-state index in [0.717, 1.165) is 25.7 Å². The van der Waals surface area contributed by atoms with Crippen LogP contribution in [0.5, 0.6) is 0 Å². The van der Waals surface area contributed by atoms with Gasteiger partial charge < -0.3 is 4.74 Å². The number of ether oxygens (including phenoxy) is 1. The van der Waals surface area contributed by atoms with Gasteiger partial charge in [-0.05, 0) is 55.4 Å². The van der Waals surface area contributed by atoms with E-state index in [9.17, 15) is 9.59 Å². The van der Waals surface area contributed by atoms with Crippen molar-refractivity contribution in [3.8, 4) is 0 Å². The molecule has 3 saturated carbocycles. The highest BCUT2D eigenvalue weighted by Crippen LogP contribution is 2.62. The minimum absolute atomic E-state index is 0.0295. The van der Waals surface area contributed by atoms with Crippen LogP contribution in [0.15, 0.2) is 25.5 Å². The third kappa shape index (κ3) is 1.87. The summed E-state index contributed by atoms with van der Waals surface area (Å²) in [6.45, 7) is 7.03. The minimum atomic E-state index is -0.126. The molecule has 3 aliphatic carbocycles. The van der Waals surface area contributed by atoms with Gasteiger partial charge in [0.15, 0.2) is 5.78 Å². The molecule has 0 aromatic carbocycles. The molecule has 3 aliphatic rings. The Balaban J connectivity index is 1.72. The molecule has 0 saturated heterocycles. The van der Waals surface area contributed by atoms with Crippen LogP contribution < -0.4 is 0 Å². The number of fused-ring (bicyclic) bond motifs is 5. The molecular formula is C16H20O3. The van der Waals surface area contributed by atoms with Crippen molar-refractivity contribution in [1.82, 2.24) is 0 Å². The average Bonchev–Trinajstić information content (AvgIpc) is 3.07. The molecule has 3 rings (SSSR count). The van der Waals surface area contributed by atoms with Crippen LogP contribution in [0.2, 0.25) is 0 Å². The fourth-order valence-corrected chi connectivity index (χ4v) is 4.91. The summed E-state index contributed by atoms with van der Waals surface area (Å²) in [6.07, 6.45) is 6.70. The molecule has 19 heavy (non-hydrogen) atoms. The van der Waals surface area contributed by atoms with Crippen molar-refractivity contribution >= 4 is 11.8 Å². The lowest BCUT2D eigenvalue weighted by Crippen LogP contribution is -2.30. The van der Waals surface area contributed by atoms with Gasteiger partial charge in [-0.25, -0.2) is 0 Å². The minimum Gasteiger partial charge on any atom is -0.435 e. The van der Waals surface area contributed by atoms with E-state index in [1.54, 1.807) is 0 Å². The molecule has 0 aromatic rings. The molecule has 6 atom stereocenters. The Hall–Kier alpha value is -1.38. The Bertz CT molecular complexity index is 439. The number of carbonyl (C=O) groups excluding carboxylic acids is 2. The molecular weight excluding hydrogens is 240 g/mol. The van der Waals surface area contributed by atoms with Gasteiger partial charge in [0.05, 0.1) is 12.2 Å². The lowest BCUT2D eigenvalue weighted by Gasteiger charge is -2.29. The van der Waals surface area contributed by atoms with Crippen molar-refractivity contribution in [3.63, 3.8) is 0 Å². The molecule has 3 fully saturated rings. The van der Waals surface area contributed by atoms with Gasteiger partial charge in [0.1, 0.15) is 0 Å². The van der Waals surface area contributed by atoms with Crippen LogP contribution in [0.3, 0.4) is 0 Å². The molecule has 3 nitrogen and oxygen atoms in total. The summed E-state index contributed by atoms with van der Waals surface area (Å²) in [5.74, 6) is 2.44. The number of allylic oxidation sites excluding steroid dienone is 1. The molecule has 0 spiro atoms. The van der Waals surface area contributed by atoms with Gasteiger partial charge in [0.25, 0.3) is 0 Å². The number of ketones is 1. The molecule has 0 radical (unpaired) electrons. The molecule has 0 N–H and O–H groups in total. The monoisotopic (exact) mass is 260 g/mol. The van der Waals surface area contributed by atoms with Crippen molar-refractivity contribution in [2.75, 3.05) is 0 Å². The summed E-state index contributed by atoms with van der Waals surface area (Å²) in [5, 5.41) is 0. The topological polar surface area (TPSA) is 43.4 Å². The maximum Gasteiger partial charge on any atom is 0.314 e. The van der Waals surface area contributed by atoms with E-state index in [4.69, 9.17) is 4.74 Å². The van der Waals surface area contributed by atoms with Crippen LogP contribution in [-0.4, -0.2) is 11.8 Å². The molecule has 3 heteroatoms. The van der Waals surface area contributed by atoms with Crippen LogP contribution in [0.4, 0.5) is 0 Å². The first-order valence-electron chi connectivity index (χ1n) is 7.13. The molecule has 0 heterocycles. The van der Waals surface area contributed by atoms with Gasteiger partial charge in [-0.3, -0.25) is 9.59 Å². The highest BCUT2D eigenvalue weighted by atomic mass is 16.5. The van der Waals surface area contributed by atoms with Crippen LogP contribution in [0.1, 0.15) is 25.7 Å². The summed E-state index contributed by atoms with van der Waals surface area (Å²) >= 11 is 0. The molecule has 0 amide bonds. The quantitative estimate of drug-likeness (QED) is 0.443. The van der Waals surface area contributed by atoms with Gasteiger partial charge in [-0.1, -0.05) is 13.2 Å². The standard InChI is InChI=1S/C16H20O3/c1-3-15(17)10-7-11-9-5-13(12(11)8-10)14(6-9)16(18)19-4-2/h3-4,9-14H,1-2,5-8H2. The number of esters is 1. The van der Waals surface area contributed by atoms with Crippen molar-refractivity contribution in [2.45, 2.75) is 25.7 Å². The first-order chi connectivity index (χ1) is 9.15. The normalized spacial score (nSPS) is 42.7. The van der Waals surface area contributed by atoms with Gasteiger partial charge in [0, 0.05) is 5.92 Å². The Morgan fingerprint density at radius 2 is 1.74 bits per heavy atom. The zero-order valence-electron chi connectivity index (χ0n) is 11.1. The van der Waals surface area contributed by atoms with Crippen LogP contribution >= 0.6 is 0 Å². The largest absolute Gasteiger partial charge is 0.435 e. The van der Waals surface area contributed by atoms with E-state index >= 15 is 0 Å². The van der Waals surface area contributed by atoms with E-state index in [-0.39, 0.29) is 23.6 Å². The van der Waals surface area contributed by atoms with E-state index in [1.807, 2.05) is 0 Å². The van der Waals surface area contributed by atoms with Gasteiger partial charge in [0.2, 0.25) is 0 Å². The Labute approximate surface area is 113 Å². The lowest BCUT2D eigenvalue weighted by molar-refractivity contribution is -0.145. The Kier molecular flexibility index (Phi) is 3.08. The smallest absolute Gasteiger partial charge is 0.314 e. The van der Waals surface area contributed by atoms with E-state index in [1.165, 1.54) is 12.3 Å². The predicted molar refractivity (Wildman–Crippen MR) is 70.9 cm³/mol. The lowest BCUT2D eigenvalue weighted by atomic mass is 9.76. The summed E-state index contributed by atoms with van der Waals surface area (Å²) in [6, 6.07) is 0. The SMILES string of the molecule is C=COC(=O)C1CC2CC1C1CC(C(=O)C=C)CC21. The van der Waals surface area contributed by atoms with E-state index in [0.29, 0.717) is 23.7 Å². The zero-order chi connectivity index (χ0) is 13.6. The second-order valence-corrected chi connectivity index (χ2v) is 6.21. The van der Waals surface area contributed by atoms with E-state index in [2.05, 4.69) is 13.2 Å². The second-order valence-electron chi connectivity index (χ2n) is 6.21. The number of carbonyl (C=O) groups is 2. The van der Waals surface area contributed by atoms with Crippen molar-refractivity contribution in [1.29, 1.82) is 0 Å². The van der Waals surface area contributed by atoms with Gasteiger partial charge in [-0.15, -0.1) is 0 Å². The second kappa shape index (κ2) is 4.62. The van der Waals surface area contributed by atoms with Crippen LogP contribution in [-0.2, 0) is 14.3 Å². The van der Waals surface area contributed by atoms with Crippen molar-refractivity contribution in [3.05, 3.63) is 25.5 Å². The third-order valence-corrected chi connectivity index (χ3v) is 5.57. The predicted octanol–water partition coefficient (Wildman–Crippen LogP) is 2.73. The van der Waals surface area contributed by atoms with Crippen molar-refractivity contribution in [2.24, 2.45) is 35.5 Å². The van der Waals surface area contributed by atoms with Gasteiger partial charge >= 0.3 is 5.97 Å². The fraction of sp³-hybridized carbons (Fsp3) is 0.625. The maximum atomic E-state index is 11.9. The summed E-state index contributed by atoms with van der Waals surface area (Å²) < 4.78 is 4.96. The number of hydrogen-bond acceptors (Lipinski definition) is 3. The van der Waals surface area contributed by atoms with E-state index < -0.39 is 0 Å². The Morgan fingerprint density at radius 1 is 1.00 bits per heavy atom. The molecule has 0 aromatic heterocycles. The average molecular weight is 260 g/mol. The van der Waals surface area contributed by atoms with Crippen LogP contribution in [0.25, 0.3) is 0 Å². The fourth-order valence-electron chi connectivity index (χ4n) is 4.91.